The van der Waals surface area contributed by atoms with Crippen LogP contribution in [0.15, 0.2) is 18.2 Å². The van der Waals surface area contributed by atoms with Crippen molar-refractivity contribution in [1.82, 2.24) is 10.2 Å². The molecular weight excluding hydrogens is 332 g/mol. The first kappa shape index (κ1) is 20.1. The monoisotopic (exact) mass is 362 g/mol. The van der Waals surface area contributed by atoms with E-state index in [-0.39, 0.29) is 11.8 Å². The van der Waals surface area contributed by atoms with Gasteiger partial charge < -0.3 is 19.7 Å². The molecule has 1 aliphatic heterocycles. The van der Waals surface area contributed by atoms with Gasteiger partial charge >= 0.3 is 0 Å². The Bertz CT molecular complexity index is 622. The van der Waals surface area contributed by atoms with Gasteiger partial charge in [0.05, 0.1) is 14.2 Å². The highest BCUT2D eigenvalue weighted by Crippen LogP contribution is 2.27. The van der Waals surface area contributed by atoms with E-state index in [1.165, 1.54) is 0 Å². The van der Waals surface area contributed by atoms with Crippen molar-refractivity contribution in [3.8, 4) is 11.5 Å². The summed E-state index contributed by atoms with van der Waals surface area (Å²) in [4.78, 5) is 26.4. The summed E-state index contributed by atoms with van der Waals surface area (Å²) < 4.78 is 10.4. The average Bonchev–Trinajstić information content (AvgIpc) is 2.65. The number of rotatable bonds is 7. The lowest BCUT2D eigenvalue weighted by molar-refractivity contribution is -0.133. The smallest absolute Gasteiger partial charge is 0.251 e. The zero-order chi connectivity index (χ0) is 19.1. The van der Waals surface area contributed by atoms with Gasteiger partial charge in [0, 0.05) is 31.6 Å². The molecule has 0 radical (unpaired) electrons. The number of nitrogens with zero attached hydrogens (tertiary/aromatic N) is 1. The number of carbonyl (C=O) groups excluding carboxylic acids is 2. The van der Waals surface area contributed by atoms with E-state index in [0.717, 1.165) is 25.9 Å². The van der Waals surface area contributed by atoms with Gasteiger partial charge in [-0.05, 0) is 42.9 Å². The third kappa shape index (κ3) is 5.38. The fraction of sp³-hybridized carbons (Fsp3) is 0.600. The Labute approximate surface area is 155 Å². The van der Waals surface area contributed by atoms with E-state index in [2.05, 4.69) is 19.2 Å². The molecule has 0 unspecified atom stereocenters. The Hall–Kier alpha value is -2.24. The first-order valence-corrected chi connectivity index (χ1v) is 9.22. The molecule has 26 heavy (non-hydrogen) atoms. The summed E-state index contributed by atoms with van der Waals surface area (Å²) in [6.07, 6.45) is 2.47. The van der Waals surface area contributed by atoms with E-state index in [9.17, 15) is 9.59 Å². The number of ether oxygens (including phenoxy) is 2. The Morgan fingerprint density at radius 1 is 1.15 bits per heavy atom. The number of amides is 2. The van der Waals surface area contributed by atoms with Crippen molar-refractivity contribution >= 4 is 11.8 Å². The molecule has 1 heterocycles. The summed E-state index contributed by atoms with van der Waals surface area (Å²) in [6, 6.07) is 5.14. The van der Waals surface area contributed by atoms with Gasteiger partial charge in [-0.2, -0.15) is 0 Å². The number of likely N-dealkylation sites (tertiary alicyclic amines) is 1. The molecule has 0 spiro atoms. The largest absolute Gasteiger partial charge is 0.493 e. The Morgan fingerprint density at radius 2 is 1.81 bits per heavy atom. The lowest BCUT2D eigenvalue weighted by atomic mass is 9.96. The van der Waals surface area contributed by atoms with Crippen LogP contribution in [0.5, 0.6) is 11.5 Å². The van der Waals surface area contributed by atoms with Gasteiger partial charge in [-0.15, -0.1) is 0 Å². The second kappa shape index (κ2) is 9.46. The molecule has 1 aromatic rings. The van der Waals surface area contributed by atoms with Crippen molar-refractivity contribution < 1.29 is 19.1 Å². The lowest BCUT2D eigenvalue weighted by Crippen LogP contribution is -2.41. The number of carbonyl (C=O) groups is 2. The molecule has 0 atom stereocenters. The predicted molar refractivity (Wildman–Crippen MR) is 101 cm³/mol. The van der Waals surface area contributed by atoms with Gasteiger partial charge in [-0.3, -0.25) is 9.59 Å². The average molecular weight is 362 g/mol. The van der Waals surface area contributed by atoms with Crippen LogP contribution in [0, 0.1) is 11.8 Å². The molecule has 2 amide bonds. The molecule has 6 nitrogen and oxygen atoms in total. The van der Waals surface area contributed by atoms with Crippen molar-refractivity contribution in [3.05, 3.63) is 23.8 Å². The first-order valence-electron chi connectivity index (χ1n) is 9.22. The molecule has 1 aliphatic rings. The van der Waals surface area contributed by atoms with Crippen molar-refractivity contribution in [2.45, 2.75) is 33.1 Å². The van der Waals surface area contributed by atoms with E-state index < -0.39 is 0 Å². The van der Waals surface area contributed by atoms with Gasteiger partial charge in [-0.1, -0.05) is 13.8 Å². The number of hydrogen-bond donors (Lipinski definition) is 1. The minimum absolute atomic E-state index is 0.121. The van der Waals surface area contributed by atoms with Crippen LogP contribution >= 0.6 is 0 Å². The van der Waals surface area contributed by atoms with E-state index in [4.69, 9.17) is 9.47 Å². The van der Waals surface area contributed by atoms with Crippen LogP contribution in [0.4, 0.5) is 0 Å². The second-order valence-electron chi connectivity index (χ2n) is 7.20. The molecule has 2 rings (SSSR count). The van der Waals surface area contributed by atoms with Crippen LogP contribution in [0.3, 0.4) is 0 Å². The van der Waals surface area contributed by atoms with Crippen molar-refractivity contribution in [2.24, 2.45) is 11.8 Å². The number of benzene rings is 1. The zero-order valence-corrected chi connectivity index (χ0v) is 16.2. The topological polar surface area (TPSA) is 67.9 Å². The van der Waals surface area contributed by atoms with Gasteiger partial charge in [0.2, 0.25) is 5.91 Å². The van der Waals surface area contributed by atoms with Gasteiger partial charge in [0.25, 0.3) is 5.91 Å². The van der Waals surface area contributed by atoms with Crippen LogP contribution in [0.2, 0.25) is 0 Å². The maximum Gasteiger partial charge on any atom is 0.251 e. The molecule has 0 aliphatic carbocycles. The summed E-state index contributed by atoms with van der Waals surface area (Å²) in [5, 5.41) is 2.99. The number of piperidine rings is 1. The normalized spacial score (nSPS) is 15.0. The third-order valence-electron chi connectivity index (χ3n) is 4.75. The van der Waals surface area contributed by atoms with E-state index in [1.807, 2.05) is 4.90 Å². The van der Waals surface area contributed by atoms with Crippen LogP contribution in [-0.4, -0.2) is 50.6 Å². The SMILES string of the molecule is COc1ccc(C(=O)NCC2CCN(C(=O)CC(C)C)CC2)cc1OC. The Morgan fingerprint density at radius 3 is 2.38 bits per heavy atom. The minimum Gasteiger partial charge on any atom is -0.493 e. The standard InChI is InChI=1S/C20H30N2O4/c1-14(2)11-19(23)22-9-7-15(8-10-22)13-21-20(24)16-5-6-17(25-3)18(12-16)26-4/h5-6,12,14-15H,7-11,13H2,1-4H3,(H,21,24). The summed E-state index contributed by atoms with van der Waals surface area (Å²) in [6.45, 7) is 6.31. The van der Waals surface area contributed by atoms with Crippen LogP contribution < -0.4 is 14.8 Å². The zero-order valence-electron chi connectivity index (χ0n) is 16.2. The summed E-state index contributed by atoms with van der Waals surface area (Å²) in [7, 11) is 3.11. The van der Waals surface area contributed by atoms with Crippen LogP contribution in [0.1, 0.15) is 43.5 Å². The molecule has 1 fully saturated rings. The molecule has 144 valence electrons. The molecule has 1 aromatic carbocycles. The molecule has 1 N–H and O–H groups in total. The fourth-order valence-electron chi connectivity index (χ4n) is 3.18. The van der Waals surface area contributed by atoms with Gasteiger partial charge in [0.15, 0.2) is 11.5 Å². The highest BCUT2D eigenvalue weighted by Gasteiger charge is 2.23. The summed E-state index contributed by atoms with van der Waals surface area (Å²) in [5.41, 5.74) is 0.548. The number of methoxy groups -OCH3 is 2. The van der Waals surface area contributed by atoms with Crippen molar-refractivity contribution in [2.75, 3.05) is 33.9 Å². The minimum atomic E-state index is -0.121. The van der Waals surface area contributed by atoms with Crippen molar-refractivity contribution in [1.29, 1.82) is 0 Å². The third-order valence-corrected chi connectivity index (χ3v) is 4.75. The predicted octanol–water partition coefficient (Wildman–Crippen LogP) is 2.72. The number of nitrogens with one attached hydrogen (secondary N) is 1. The van der Waals surface area contributed by atoms with Crippen LogP contribution in [-0.2, 0) is 4.79 Å². The molecular formula is C20H30N2O4. The lowest BCUT2D eigenvalue weighted by Gasteiger charge is -2.32. The van der Waals surface area contributed by atoms with E-state index >= 15 is 0 Å². The summed E-state index contributed by atoms with van der Waals surface area (Å²) in [5.74, 6) is 2.06. The molecule has 0 bridgehead atoms. The highest BCUT2D eigenvalue weighted by molar-refractivity contribution is 5.94. The quantitative estimate of drug-likeness (QED) is 0.810. The molecule has 6 heteroatoms. The second-order valence-corrected chi connectivity index (χ2v) is 7.20. The fourth-order valence-corrected chi connectivity index (χ4v) is 3.18. The maximum atomic E-state index is 12.4. The maximum absolute atomic E-state index is 12.4. The Balaban J connectivity index is 1.81. The van der Waals surface area contributed by atoms with Crippen LogP contribution in [0.25, 0.3) is 0 Å². The molecule has 0 saturated carbocycles. The number of hydrogen-bond acceptors (Lipinski definition) is 4. The van der Waals surface area contributed by atoms with Gasteiger partial charge in [-0.25, -0.2) is 0 Å². The van der Waals surface area contributed by atoms with E-state index in [0.29, 0.717) is 41.9 Å². The van der Waals surface area contributed by atoms with Crippen molar-refractivity contribution in [3.63, 3.8) is 0 Å². The van der Waals surface area contributed by atoms with Gasteiger partial charge in [0.1, 0.15) is 0 Å². The van der Waals surface area contributed by atoms with E-state index in [1.54, 1.807) is 32.4 Å². The molecule has 0 aromatic heterocycles. The molecule has 1 saturated heterocycles. The first-order chi connectivity index (χ1) is 12.4. The summed E-state index contributed by atoms with van der Waals surface area (Å²) >= 11 is 0. The Kier molecular flexibility index (Phi) is 7.30. The highest BCUT2D eigenvalue weighted by atomic mass is 16.5.